The molecular formula is C23H27FN2O2. The summed E-state index contributed by atoms with van der Waals surface area (Å²) in [5.74, 6) is -0.458. The van der Waals surface area contributed by atoms with Crippen molar-refractivity contribution in [1.82, 2.24) is 4.90 Å². The van der Waals surface area contributed by atoms with Crippen LogP contribution in [0.3, 0.4) is 0 Å². The van der Waals surface area contributed by atoms with Crippen molar-refractivity contribution in [2.75, 3.05) is 18.4 Å². The number of anilines is 1. The van der Waals surface area contributed by atoms with Gasteiger partial charge in [-0.3, -0.25) is 9.59 Å². The Labute approximate surface area is 165 Å². The summed E-state index contributed by atoms with van der Waals surface area (Å²) in [5.41, 5.74) is 2.43. The van der Waals surface area contributed by atoms with Gasteiger partial charge in [0.05, 0.1) is 5.92 Å². The number of nitrogens with one attached hydrogen (secondary N) is 1. The van der Waals surface area contributed by atoms with Crippen molar-refractivity contribution in [3.63, 3.8) is 0 Å². The summed E-state index contributed by atoms with van der Waals surface area (Å²) < 4.78 is 13.1. The molecule has 1 N–H and O–H groups in total. The lowest BCUT2D eigenvalue weighted by Crippen LogP contribution is -2.43. The normalized spacial score (nSPS) is 17.8. The van der Waals surface area contributed by atoms with E-state index in [-0.39, 0.29) is 23.5 Å². The van der Waals surface area contributed by atoms with Crippen LogP contribution in [0, 0.1) is 11.7 Å². The molecule has 0 bridgehead atoms. The highest BCUT2D eigenvalue weighted by Crippen LogP contribution is 2.28. The number of halogens is 1. The third-order valence-corrected chi connectivity index (χ3v) is 5.53. The molecular weight excluding hydrogens is 355 g/mol. The number of likely N-dealkylation sites (tertiary alicyclic amines) is 1. The highest BCUT2D eigenvalue weighted by Gasteiger charge is 2.29. The minimum atomic E-state index is -0.368. The first-order valence-electron chi connectivity index (χ1n) is 9.94. The van der Waals surface area contributed by atoms with Gasteiger partial charge in [0, 0.05) is 24.3 Å². The summed E-state index contributed by atoms with van der Waals surface area (Å²) in [6, 6.07) is 13.4. The third-order valence-electron chi connectivity index (χ3n) is 5.53. The second-order valence-electron chi connectivity index (χ2n) is 7.48. The van der Waals surface area contributed by atoms with Crippen LogP contribution in [0.15, 0.2) is 48.5 Å². The van der Waals surface area contributed by atoms with Crippen LogP contribution in [-0.4, -0.2) is 29.8 Å². The number of piperidine rings is 1. The van der Waals surface area contributed by atoms with Crippen molar-refractivity contribution in [1.29, 1.82) is 0 Å². The number of amides is 2. The average Bonchev–Trinajstić information content (AvgIpc) is 2.73. The largest absolute Gasteiger partial charge is 0.338 e. The molecule has 0 aromatic heterocycles. The Morgan fingerprint density at radius 1 is 1.18 bits per heavy atom. The number of nitrogens with zero attached hydrogens (tertiary/aromatic N) is 1. The fraction of sp³-hybridized carbons (Fsp3) is 0.391. The van der Waals surface area contributed by atoms with Crippen LogP contribution in [0.5, 0.6) is 0 Å². The molecule has 2 atom stereocenters. The number of para-hydroxylation sites is 1. The summed E-state index contributed by atoms with van der Waals surface area (Å²) in [6.45, 7) is 5.27. The van der Waals surface area contributed by atoms with Crippen molar-refractivity contribution in [3.05, 3.63) is 65.5 Å². The van der Waals surface area contributed by atoms with E-state index < -0.39 is 0 Å². The zero-order valence-corrected chi connectivity index (χ0v) is 16.5. The van der Waals surface area contributed by atoms with E-state index in [1.165, 1.54) is 24.3 Å². The molecule has 1 aliphatic heterocycles. The fourth-order valence-electron chi connectivity index (χ4n) is 3.65. The number of benzene rings is 2. The zero-order chi connectivity index (χ0) is 20.1. The Kier molecular flexibility index (Phi) is 6.45. The van der Waals surface area contributed by atoms with E-state index in [1.807, 2.05) is 18.2 Å². The van der Waals surface area contributed by atoms with E-state index in [0.29, 0.717) is 24.6 Å². The number of carbonyl (C=O) groups is 2. The molecule has 0 spiro atoms. The fourth-order valence-corrected chi connectivity index (χ4v) is 3.65. The topological polar surface area (TPSA) is 49.4 Å². The highest BCUT2D eigenvalue weighted by molar-refractivity contribution is 5.96. The molecule has 2 amide bonds. The lowest BCUT2D eigenvalue weighted by atomic mass is 9.94. The molecule has 4 nitrogen and oxygen atoms in total. The molecule has 148 valence electrons. The molecule has 3 rings (SSSR count). The molecule has 2 aromatic rings. The predicted molar refractivity (Wildman–Crippen MR) is 109 cm³/mol. The predicted octanol–water partition coefficient (Wildman–Crippen LogP) is 4.83. The molecule has 1 heterocycles. The van der Waals surface area contributed by atoms with Gasteiger partial charge in [-0.15, -0.1) is 0 Å². The van der Waals surface area contributed by atoms with Gasteiger partial charge in [0.1, 0.15) is 5.82 Å². The Morgan fingerprint density at radius 3 is 2.61 bits per heavy atom. The Hall–Kier alpha value is -2.69. The van der Waals surface area contributed by atoms with Crippen molar-refractivity contribution < 1.29 is 14.0 Å². The number of hydrogen-bond acceptors (Lipinski definition) is 2. The first-order valence-corrected chi connectivity index (χ1v) is 9.94. The molecule has 2 aromatic carbocycles. The van der Waals surface area contributed by atoms with E-state index in [1.54, 1.807) is 4.90 Å². The Morgan fingerprint density at radius 2 is 1.89 bits per heavy atom. The minimum Gasteiger partial charge on any atom is -0.338 e. The zero-order valence-electron chi connectivity index (χ0n) is 16.5. The van der Waals surface area contributed by atoms with Crippen LogP contribution >= 0.6 is 0 Å². The quantitative estimate of drug-likeness (QED) is 0.805. The van der Waals surface area contributed by atoms with Gasteiger partial charge in [-0.05, 0) is 61.1 Å². The van der Waals surface area contributed by atoms with Crippen molar-refractivity contribution in [2.45, 2.75) is 39.0 Å². The Bertz CT molecular complexity index is 835. The van der Waals surface area contributed by atoms with Gasteiger partial charge in [0.2, 0.25) is 5.91 Å². The highest BCUT2D eigenvalue weighted by atomic mass is 19.1. The van der Waals surface area contributed by atoms with E-state index in [2.05, 4.69) is 25.2 Å². The van der Waals surface area contributed by atoms with Crippen LogP contribution in [0.2, 0.25) is 0 Å². The maximum absolute atomic E-state index is 13.1. The minimum absolute atomic E-state index is 0.0487. The van der Waals surface area contributed by atoms with E-state index in [9.17, 15) is 14.0 Å². The van der Waals surface area contributed by atoms with E-state index in [0.717, 1.165) is 30.5 Å². The van der Waals surface area contributed by atoms with Gasteiger partial charge in [-0.25, -0.2) is 4.39 Å². The molecule has 0 aliphatic carbocycles. The van der Waals surface area contributed by atoms with Gasteiger partial charge in [0.15, 0.2) is 0 Å². The molecule has 5 heteroatoms. The van der Waals surface area contributed by atoms with Crippen LogP contribution in [-0.2, 0) is 4.79 Å². The van der Waals surface area contributed by atoms with Gasteiger partial charge in [-0.1, -0.05) is 32.0 Å². The maximum Gasteiger partial charge on any atom is 0.253 e. The van der Waals surface area contributed by atoms with Gasteiger partial charge in [-0.2, -0.15) is 0 Å². The summed E-state index contributed by atoms with van der Waals surface area (Å²) in [5, 5.41) is 3.08. The molecule has 0 saturated carbocycles. The lowest BCUT2D eigenvalue weighted by Gasteiger charge is -2.32. The summed E-state index contributed by atoms with van der Waals surface area (Å²) in [7, 11) is 0. The van der Waals surface area contributed by atoms with Crippen LogP contribution in [0.4, 0.5) is 10.1 Å². The van der Waals surface area contributed by atoms with Crippen molar-refractivity contribution in [3.8, 4) is 0 Å². The lowest BCUT2D eigenvalue weighted by molar-refractivity contribution is -0.121. The van der Waals surface area contributed by atoms with E-state index in [4.69, 9.17) is 0 Å². The van der Waals surface area contributed by atoms with Gasteiger partial charge >= 0.3 is 0 Å². The molecule has 0 unspecified atom stereocenters. The standard InChI is InChI=1S/C23H27FN2O2/c1-3-16(2)20-8-4-5-9-21(20)25-22(27)18-7-6-14-26(15-18)23(28)17-10-12-19(24)13-11-17/h4-5,8-13,16,18H,3,6-7,14-15H2,1-2H3,(H,25,27)/t16-,18-/m1/s1. The van der Waals surface area contributed by atoms with E-state index >= 15 is 0 Å². The molecule has 0 radical (unpaired) electrons. The first-order chi connectivity index (χ1) is 13.5. The van der Waals surface area contributed by atoms with Crippen molar-refractivity contribution in [2.24, 2.45) is 5.92 Å². The average molecular weight is 382 g/mol. The smallest absolute Gasteiger partial charge is 0.253 e. The molecule has 1 saturated heterocycles. The first kappa shape index (κ1) is 20.1. The molecule has 1 aliphatic rings. The maximum atomic E-state index is 13.1. The van der Waals surface area contributed by atoms with Crippen LogP contribution in [0.1, 0.15) is 54.9 Å². The molecule has 1 fully saturated rings. The number of hydrogen-bond donors (Lipinski definition) is 1. The van der Waals surface area contributed by atoms with Crippen LogP contribution in [0.25, 0.3) is 0 Å². The SMILES string of the molecule is CC[C@@H](C)c1ccccc1NC(=O)[C@@H]1CCCN(C(=O)c2ccc(F)cc2)C1. The van der Waals surface area contributed by atoms with Crippen LogP contribution < -0.4 is 5.32 Å². The van der Waals surface area contributed by atoms with Crippen molar-refractivity contribution >= 4 is 17.5 Å². The second kappa shape index (κ2) is 9.00. The third kappa shape index (κ3) is 4.58. The molecule has 28 heavy (non-hydrogen) atoms. The summed E-state index contributed by atoms with van der Waals surface area (Å²) in [6.07, 6.45) is 2.53. The van der Waals surface area contributed by atoms with Gasteiger partial charge < -0.3 is 10.2 Å². The Balaban J connectivity index is 1.68. The van der Waals surface area contributed by atoms with Gasteiger partial charge in [0.25, 0.3) is 5.91 Å². The summed E-state index contributed by atoms with van der Waals surface area (Å²) >= 11 is 0. The second-order valence-corrected chi connectivity index (χ2v) is 7.48. The monoisotopic (exact) mass is 382 g/mol. The number of carbonyl (C=O) groups excluding carboxylic acids is 2. The summed E-state index contributed by atoms with van der Waals surface area (Å²) in [4.78, 5) is 27.3. The number of rotatable bonds is 5.